The van der Waals surface area contributed by atoms with Crippen LogP contribution in [-0.2, 0) is 0 Å². The van der Waals surface area contributed by atoms with Gasteiger partial charge < -0.3 is 0 Å². The normalized spacial score (nSPS) is 11.1. The summed E-state index contributed by atoms with van der Waals surface area (Å²) in [6, 6.07) is 24.1. The molecular formula is C25H19ClN2O2. The van der Waals surface area contributed by atoms with Crippen LogP contribution < -0.4 is 5.69 Å². The molecule has 5 heteroatoms. The molecule has 0 aliphatic heterocycles. The van der Waals surface area contributed by atoms with E-state index in [1.54, 1.807) is 24.4 Å². The Kier molecular flexibility index (Phi) is 5.50. The van der Waals surface area contributed by atoms with E-state index >= 15 is 0 Å². The number of carbonyl (C=O) groups excluding carboxylic acids is 1. The lowest BCUT2D eigenvalue weighted by Crippen LogP contribution is -2.27. The van der Waals surface area contributed by atoms with E-state index < -0.39 is 11.6 Å². The molecule has 3 aromatic carbocycles. The Morgan fingerprint density at radius 3 is 2.23 bits per heavy atom. The second-order valence-corrected chi connectivity index (χ2v) is 7.36. The van der Waals surface area contributed by atoms with E-state index in [2.05, 4.69) is 0 Å². The van der Waals surface area contributed by atoms with Crippen LogP contribution in [0.5, 0.6) is 0 Å². The maximum atomic E-state index is 13.2. The number of imidazole rings is 1. The highest BCUT2D eigenvalue weighted by atomic mass is 35.5. The van der Waals surface area contributed by atoms with Crippen molar-refractivity contribution in [3.8, 4) is 16.9 Å². The molecule has 0 amide bonds. The van der Waals surface area contributed by atoms with Crippen LogP contribution in [0.3, 0.4) is 0 Å². The molecule has 4 nitrogen and oxygen atoms in total. The first-order chi connectivity index (χ1) is 14.5. The summed E-state index contributed by atoms with van der Waals surface area (Å²) in [6.07, 6.45) is 4.78. The molecule has 0 aliphatic rings. The van der Waals surface area contributed by atoms with Gasteiger partial charge in [0.05, 0.1) is 11.4 Å². The van der Waals surface area contributed by atoms with Crippen molar-refractivity contribution in [2.75, 3.05) is 0 Å². The summed E-state index contributed by atoms with van der Waals surface area (Å²) in [5, 5.41) is 0.622. The maximum absolute atomic E-state index is 13.2. The highest BCUT2D eigenvalue weighted by Gasteiger charge is 2.18. The highest BCUT2D eigenvalue weighted by Crippen LogP contribution is 2.21. The van der Waals surface area contributed by atoms with Crippen LogP contribution >= 0.6 is 11.6 Å². The smallest absolute Gasteiger partial charge is 0.269 e. The number of rotatable bonds is 4. The minimum atomic E-state index is -0.416. The predicted octanol–water partition coefficient (Wildman–Crippen LogP) is 5.62. The SMILES string of the molecule is Cc1ccc(-c2cn(-c3ccccc3)c(=O)n2C(=O)/C=C/c2ccc(Cl)cc2)cc1. The fourth-order valence-corrected chi connectivity index (χ4v) is 3.30. The number of para-hydroxylation sites is 1. The molecule has 0 fully saturated rings. The van der Waals surface area contributed by atoms with Crippen LogP contribution in [0.1, 0.15) is 15.9 Å². The van der Waals surface area contributed by atoms with Gasteiger partial charge in [-0.3, -0.25) is 9.36 Å². The van der Waals surface area contributed by atoms with Crippen molar-refractivity contribution in [2.45, 2.75) is 6.92 Å². The fourth-order valence-electron chi connectivity index (χ4n) is 3.18. The van der Waals surface area contributed by atoms with Gasteiger partial charge in [-0.2, -0.15) is 0 Å². The lowest BCUT2D eigenvalue weighted by atomic mass is 10.1. The molecule has 1 heterocycles. The lowest BCUT2D eigenvalue weighted by molar-refractivity contribution is 0.0967. The van der Waals surface area contributed by atoms with Gasteiger partial charge >= 0.3 is 5.69 Å². The first kappa shape index (κ1) is 19.7. The number of benzene rings is 3. The number of allylic oxidation sites excluding steroid dienone is 1. The Morgan fingerprint density at radius 1 is 0.900 bits per heavy atom. The predicted molar refractivity (Wildman–Crippen MR) is 121 cm³/mol. The molecule has 0 bridgehead atoms. The van der Waals surface area contributed by atoms with Crippen molar-refractivity contribution in [3.05, 3.63) is 118 Å². The average Bonchev–Trinajstić information content (AvgIpc) is 3.11. The molecule has 0 saturated heterocycles. The zero-order valence-corrected chi connectivity index (χ0v) is 17.1. The Hall–Kier alpha value is -3.63. The summed E-state index contributed by atoms with van der Waals surface area (Å²) in [7, 11) is 0. The van der Waals surface area contributed by atoms with E-state index in [0.29, 0.717) is 16.4 Å². The number of nitrogens with zero attached hydrogens (tertiary/aromatic N) is 2. The second-order valence-electron chi connectivity index (χ2n) is 6.93. The molecule has 0 N–H and O–H groups in total. The molecule has 4 rings (SSSR count). The van der Waals surface area contributed by atoms with Gasteiger partial charge in [0.2, 0.25) is 0 Å². The van der Waals surface area contributed by atoms with E-state index in [-0.39, 0.29) is 0 Å². The van der Waals surface area contributed by atoms with Gasteiger partial charge in [0.1, 0.15) is 0 Å². The van der Waals surface area contributed by atoms with Crippen LogP contribution in [0.15, 0.2) is 95.9 Å². The highest BCUT2D eigenvalue weighted by molar-refractivity contribution is 6.30. The summed E-state index contributed by atoms with van der Waals surface area (Å²) in [5.74, 6) is -0.416. The number of hydrogen-bond donors (Lipinski definition) is 0. The molecule has 0 atom stereocenters. The van der Waals surface area contributed by atoms with Gasteiger partial charge in [0, 0.05) is 22.9 Å². The Balaban J connectivity index is 1.81. The standard InChI is InChI=1S/C25H19ClN2O2/c1-18-7-12-20(13-8-18)23-17-27(22-5-3-2-4-6-22)25(30)28(23)24(29)16-11-19-9-14-21(26)15-10-19/h2-17H,1H3/b16-11+. The molecule has 30 heavy (non-hydrogen) atoms. The van der Waals surface area contributed by atoms with Crippen molar-refractivity contribution in [3.63, 3.8) is 0 Å². The molecular weight excluding hydrogens is 396 g/mol. The van der Waals surface area contributed by atoms with Gasteiger partial charge in [-0.05, 0) is 42.8 Å². The zero-order chi connectivity index (χ0) is 21.1. The molecule has 148 valence electrons. The minimum absolute atomic E-state index is 0.414. The van der Waals surface area contributed by atoms with Crippen molar-refractivity contribution in [2.24, 2.45) is 0 Å². The third-order valence-electron chi connectivity index (χ3n) is 4.78. The quantitative estimate of drug-likeness (QED) is 0.407. The Labute approximate surface area is 179 Å². The third kappa shape index (κ3) is 4.04. The van der Waals surface area contributed by atoms with Crippen LogP contribution in [0.2, 0.25) is 5.02 Å². The first-order valence-electron chi connectivity index (χ1n) is 9.48. The van der Waals surface area contributed by atoms with E-state index in [1.165, 1.54) is 15.2 Å². The Bertz CT molecular complexity index is 1270. The van der Waals surface area contributed by atoms with Gasteiger partial charge in [-0.15, -0.1) is 0 Å². The largest absolute Gasteiger partial charge is 0.340 e. The minimum Gasteiger partial charge on any atom is -0.269 e. The van der Waals surface area contributed by atoms with Crippen molar-refractivity contribution >= 4 is 23.6 Å². The summed E-state index contributed by atoms with van der Waals surface area (Å²) in [6.45, 7) is 1.99. The molecule has 1 aromatic heterocycles. The first-order valence-corrected chi connectivity index (χ1v) is 9.85. The average molecular weight is 415 g/mol. The topological polar surface area (TPSA) is 44.0 Å². The van der Waals surface area contributed by atoms with E-state index in [0.717, 1.165) is 16.7 Å². The number of halogens is 1. The van der Waals surface area contributed by atoms with Crippen molar-refractivity contribution in [1.29, 1.82) is 0 Å². The molecule has 0 spiro atoms. The number of aromatic nitrogens is 2. The molecule has 4 aromatic rings. The molecule has 0 aliphatic carbocycles. The van der Waals surface area contributed by atoms with Crippen molar-refractivity contribution in [1.82, 2.24) is 9.13 Å². The van der Waals surface area contributed by atoms with Crippen LogP contribution in [0, 0.1) is 6.92 Å². The van der Waals surface area contributed by atoms with Crippen LogP contribution in [0.4, 0.5) is 0 Å². The van der Waals surface area contributed by atoms with Crippen LogP contribution in [0.25, 0.3) is 23.0 Å². The summed E-state index contributed by atoms with van der Waals surface area (Å²) in [4.78, 5) is 26.2. The Morgan fingerprint density at radius 2 is 1.57 bits per heavy atom. The number of aryl methyl sites for hydroxylation is 1. The monoisotopic (exact) mass is 414 g/mol. The lowest BCUT2D eigenvalue weighted by Gasteiger charge is -2.04. The molecule has 0 radical (unpaired) electrons. The second kappa shape index (κ2) is 8.39. The zero-order valence-electron chi connectivity index (χ0n) is 16.3. The van der Waals surface area contributed by atoms with E-state index in [9.17, 15) is 9.59 Å². The third-order valence-corrected chi connectivity index (χ3v) is 5.03. The van der Waals surface area contributed by atoms with E-state index in [1.807, 2.05) is 73.7 Å². The van der Waals surface area contributed by atoms with E-state index in [4.69, 9.17) is 11.6 Å². The summed E-state index contributed by atoms with van der Waals surface area (Å²) >= 11 is 5.91. The molecule has 0 unspecified atom stereocenters. The van der Waals surface area contributed by atoms with Crippen molar-refractivity contribution < 1.29 is 4.79 Å². The van der Waals surface area contributed by atoms with Gasteiger partial charge in [0.15, 0.2) is 0 Å². The molecule has 0 saturated carbocycles. The summed E-state index contributed by atoms with van der Waals surface area (Å²) < 4.78 is 2.69. The van der Waals surface area contributed by atoms with Gasteiger partial charge in [0.25, 0.3) is 5.91 Å². The fraction of sp³-hybridized carbons (Fsp3) is 0.0400. The van der Waals surface area contributed by atoms with Gasteiger partial charge in [-0.1, -0.05) is 71.8 Å². The van der Waals surface area contributed by atoms with Crippen LogP contribution in [-0.4, -0.2) is 15.0 Å². The summed E-state index contributed by atoms with van der Waals surface area (Å²) in [5.41, 5.74) is 3.53. The van der Waals surface area contributed by atoms with Gasteiger partial charge in [-0.25, -0.2) is 9.36 Å². The maximum Gasteiger partial charge on any atom is 0.340 e. The number of carbonyl (C=O) groups is 1. The number of hydrogen-bond acceptors (Lipinski definition) is 2.